The summed E-state index contributed by atoms with van der Waals surface area (Å²) in [6, 6.07) is 29.8. The van der Waals surface area contributed by atoms with Crippen LogP contribution in [0, 0.1) is 5.92 Å². The number of amides is 1. The predicted octanol–water partition coefficient (Wildman–Crippen LogP) is 17.0. The molecule has 0 saturated heterocycles. The van der Waals surface area contributed by atoms with Crippen LogP contribution in [0.4, 0.5) is 0 Å². The predicted molar refractivity (Wildman–Crippen MR) is 299 cm³/mol. The Kier molecular flexibility index (Phi) is 18.7. The quantitative estimate of drug-likeness (QED) is 0.0431. The first-order chi connectivity index (χ1) is 33.6. The van der Waals surface area contributed by atoms with E-state index in [1.807, 2.05) is 48.5 Å². The molecule has 0 heterocycles. The van der Waals surface area contributed by atoms with Gasteiger partial charge in [-0.2, -0.15) is 0 Å². The van der Waals surface area contributed by atoms with E-state index in [-0.39, 0.29) is 51.3 Å². The van der Waals surface area contributed by atoms with Crippen LogP contribution in [0.1, 0.15) is 251 Å². The zero-order chi connectivity index (χ0) is 51.6. The Bertz CT molecular complexity index is 2560. The van der Waals surface area contributed by atoms with E-state index in [4.69, 9.17) is 0 Å². The number of allylic oxidation sites excluding steroid dienone is 2. The van der Waals surface area contributed by atoms with E-state index in [0.29, 0.717) is 31.4 Å². The summed E-state index contributed by atoms with van der Waals surface area (Å²) in [6.07, 6.45) is 19.4. The van der Waals surface area contributed by atoms with Crippen molar-refractivity contribution in [1.29, 1.82) is 0 Å². The number of nitrogens with one attached hydrogen (secondary N) is 1. The van der Waals surface area contributed by atoms with Crippen LogP contribution < -0.4 is 5.32 Å². The van der Waals surface area contributed by atoms with Crippen molar-refractivity contribution in [3.63, 3.8) is 0 Å². The molecule has 0 radical (unpaired) electrons. The van der Waals surface area contributed by atoms with Crippen molar-refractivity contribution in [3.8, 4) is 0 Å². The molecule has 4 aromatic carbocycles. The van der Waals surface area contributed by atoms with Gasteiger partial charge in [0.05, 0.1) is 0 Å². The summed E-state index contributed by atoms with van der Waals surface area (Å²) in [5, 5.41) is 3.15. The van der Waals surface area contributed by atoms with Gasteiger partial charge in [0.25, 0.3) is 0 Å². The molecule has 0 spiro atoms. The number of rotatable bonds is 24. The molecule has 2 aliphatic rings. The number of ketones is 3. The molecular formula is C66H87NO4. The number of hydrogen-bond acceptors (Lipinski definition) is 4. The average molecular weight is 958 g/mol. The van der Waals surface area contributed by atoms with E-state index in [0.717, 1.165) is 74.5 Å². The molecule has 4 aromatic rings. The van der Waals surface area contributed by atoms with Gasteiger partial charge < -0.3 is 10.1 Å². The number of hydrogen-bond donors (Lipinski definition) is 1. The molecular weight excluding hydrogens is 871 g/mol. The molecule has 71 heavy (non-hydrogen) atoms. The van der Waals surface area contributed by atoms with Gasteiger partial charge in [0.15, 0.2) is 11.6 Å². The normalized spacial score (nSPS) is 17.2. The number of carbonyl (C=O) groups is 4. The first kappa shape index (κ1) is 55.2. The molecule has 1 unspecified atom stereocenters. The Hall–Kier alpha value is -5.16. The lowest BCUT2D eigenvalue weighted by Gasteiger charge is -2.42. The standard InChI is InChI=1S/C66H87NO4/c1-46(53-32-34-56-58(43-53)65(8,9)38-36-63(56,4)5)41-49-24-28-51(29-25-49)60(69)23-19-16-18-22-55(62(71)67-40-20-15-13-12-14-17-21-48(3)68)45-61(70)52-30-26-50(27-31-52)42-47(2)54-33-35-57-59(44-54)66(10,11)39-37-64(57,6)7/h24-35,41-44,55H,12-23,36-40,45H2,1-11H3,(H,67,71)/b46-41+,47-42+. The van der Waals surface area contributed by atoms with Gasteiger partial charge in [-0.3, -0.25) is 14.4 Å². The maximum Gasteiger partial charge on any atom is 0.223 e. The summed E-state index contributed by atoms with van der Waals surface area (Å²) in [4.78, 5) is 52.1. The second kappa shape index (κ2) is 24.0. The molecule has 6 rings (SSSR count). The van der Waals surface area contributed by atoms with Crippen molar-refractivity contribution >= 4 is 46.6 Å². The van der Waals surface area contributed by atoms with E-state index in [2.05, 4.69) is 123 Å². The number of benzene rings is 4. The van der Waals surface area contributed by atoms with Crippen molar-refractivity contribution in [2.45, 2.75) is 207 Å². The number of unbranched alkanes of at least 4 members (excludes halogenated alkanes) is 7. The van der Waals surface area contributed by atoms with Crippen LogP contribution in [0.2, 0.25) is 0 Å². The Morgan fingerprint density at radius 3 is 1.34 bits per heavy atom. The third kappa shape index (κ3) is 15.0. The highest BCUT2D eigenvalue weighted by molar-refractivity contribution is 5.99. The van der Waals surface area contributed by atoms with Crippen LogP contribution in [0.15, 0.2) is 84.9 Å². The number of carbonyl (C=O) groups excluding carboxylic acids is 4. The first-order valence-electron chi connectivity index (χ1n) is 27.3. The van der Waals surface area contributed by atoms with Gasteiger partial charge >= 0.3 is 0 Å². The molecule has 2 aliphatic carbocycles. The van der Waals surface area contributed by atoms with Crippen molar-refractivity contribution in [1.82, 2.24) is 5.32 Å². The third-order valence-corrected chi connectivity index (χ3v) is 16.4. The Morgan fingerprint density at radius 2 is 0.859 bits per heavy atom. The van der Waals surface area contributed by atoms with Crippen LogP contribution in [-0.2, 0) is 31.2 Å². The largest absolute Gasteiger partial charge is 0.356 e. The van der Waals surface area contributed by atoms with Crippen molar-refractivity contribution in [2.24, 2.45) is 5.92 Å². The van der Waals surface area contributed by atoms with E-state index >= 15 is 0 Å². The van der Waals surface area contributed by atoms with E-state index < -0.39 is 5.92 Å². The molecule has 5 nitrogen and oxygen atoms in total. The van der Waals surface area contributed by atoms with Gasteiger partial charge in [0.1, 0.15) is 5.78 Å². The molecule has 0 fully saturated rings. The molecule has 0 saturated carbocycles. The van der Waals surface area contributed by atoms with Crippen molar-refractivity contribution in [3.05, 3.63) is 141 Å². The zero-order valence-electron chi connectivity index (χ0n) is 45.7. The van der Waals surface area contributed by atoms with Crippen LogP contribution in [0.3, 0.4) is 0 Å². The molecule has 5 heteroatoms. The number of Topliss-reactive ketones (excluding diaryl/α,β-unsaturated/α-hetero) is 3. The van der Waals surface area contributed by atoms with Gasteiger partial charge in [0.2, 0.25) is 5.91 Å². The summed E-state index contributed by atoms with van der Waals surface area (Å²) in [6.45, 7) is 25.4. The Labute approximate surface area is 429 Å². The fourth-order valence-corrected chi connectivity index (χ4v) is 11.1. The smallest absolute Gasteiger partial charge is 0.223 e. The molecule has 0 aliphatic heterocycles. The third-order valence-electron chi connectivity index (χ3n) is 16.4. The summed E-state index contributed by atoms with van der Waals surface area (Å²) in [5.74, 6) is -0.149. The van der Waals surface area contributed by atoms with Gasteiger partial charge in [0, 0.05) is 42.9 Å². The number of fused-ring (bicyclic) bond motifs is 2. The van der Waals surface area contributed by atoms with Gasteiger partial charge in [-0.05, 0) is 149 Å². The van der Waals surface area contributed by atoms with E-state index in [9.17, 15) is 19.2 Å². The zero-order valence-corrected chi connectivity index (χ0v) is 45.7. The van der Waals surface area contributed by atoms with E-state index in [1.165, 1.54) is 70.2 Å². The summed E-state index contributed by atoms with van der Waals surface area (Å²) in [5.41, 5.74) is 14.8. The molecule has 1 N–H and O–H groups in total. The highest BCUT2D eigenvalue weighted by atomic mass is 16.2. The van der Waals surface area contributed by atoms with Crippen molar-refractivity contribution < 1.29 is 19.2 Å². The summed E-state index contributed by atoms with van der Waals surface area (Å²) in [7, 11) is 0. The van der Waals surface area contributed by atoms with Crippen LogP contribution in [0.25, 0.3) is 23.3 Å². The summed E-state index contributed by atoms with van der Waals surface area (Å²) < 4.78 is 0. The molecule has 0 bridgehead atoms. The van der Waals surface area contributed by atoms with E-state index in [1.54, 1.807) is 6.92 Å². The molecule has 1 atom stereocenters. The van der Waals surface area contributed by atoms with Gasteiger partial charge in [-0.1, -0.05) is 191 Å². The van der Waals surface area contributed by atoms with Crippen LogP contribution >= 0.6 is 0 Å². The van der Waals surface area contributed by atoms with Gasteiger partial charge in [-0.25, -0.2) is 0 Å². The maximum absolute atomic E-state index is 13.8. The average Bonchev–Trinajstić information content (AvgIpc) is 3.33. The monoisotopic (exact) mass is 958 g/mol. The fraction of sp³-hybridized carbons (Fsp3) is 0.515. The highest BCUT2D eigenvalue weighted by Gasteiger charge is 2.38. The minimum Gasteiger partial charge on any atom is -0.356 e. The summed E-state index contributed by atoms with van der Waals surface area (Å²) >= 11 is 0. The lowest BCUT2D eigenvalue weighted by Crippen LogP contribution is -2.33. The second-order valence-electron chi connectivity index (χ2n) is 24.2. The Balaban J connectivity index is 1.02. The minimum atomic E-state index is -0.437. The fourth-order valence-electron chi connectivity index (χ4n) is 11.1. The SMILES string of the molecule is CC(=O)CCCCCCCCNC(=O)C(CCCCCC(=O)c1ccc(/C=C(\C)c2ccc3c(c2)C(C)(C)CCC3(C)C)cc1)CC(=O)c1ccc(/C=C(\C)c2ccc3c(c2)C(C)(C)CCC3(C)C)cc1. The minimum absolute atomic E-state index is 0.0261. The lowest BCUT2D eigenvalue weighted by atomic mass is 9.63. The molecule has 380 valence electrons. The highest BCUT2D eigenvalue weighted by Crippen LogP contribution is 2.48. The topological polar surface area (TPSA) is 80.3 Å². The van der Waals surface area contributed by atoms with Crippen molar-refractivity contribution in [2.75, 3.05) is 6.54 Å². The first-order valence-corrected chi connectivity index (χ1v) is 27.3. The molecule has 1 amide bonds. The Morgan fingerprint density at radius 1 is 0.465 bits per heavy atom. The van der Waals surface area contributed by atoms with Gasteiger partial charge in [-0.15, -0.1) is 0 Å². The molecule has 0 aromatic heterocycles. The van der Waals surface area contributed by atoms with Crippen LogP contribution in [-0.4, -0.2) is 29.8 Å². The second-order valence-corrected chi connectivity index (χ2v) is 24.2. The van der Waals surface area contributed by atoms with Crippen LogP contribution in [0.5, 0.6) is 0 Å². The maximum atomic E-state index is 13.8. The lowest BCUT2D eigenvalue weighted by molar-refractivity contribution is -0.125.